The molecule has 1 unspecified atom stereocenters. The average molecular weight is 364 g/mol. The summed E-state index contributed by atoms with van der Waals surface area (Å²) in [5, 5.41) is 22.6. The second-order valence-electron chi connectivity index (χ2n) is 5.92. The van der Waals surface area contributed by atoms with Crippen LogP contribution in [0.25, 0.3) is 0 Å². The molecule has 26 heavy (non-hydrogen) atoms. The first-order valence-corrected chi connectivity index (χ1v) is 8.66. The van der Waals surface area contributed by atoms with Gasteiger partial charge in [-0.1, -0.05) is 39.2 Å². The maximum absolute atomic E-state index is 11.9. The Balaban J connectivity index is 3.51. The molecule has 0 N–H and O–H groups in total. The van der Waals surface area contributed by atoms with E-state index in [0.717, 1.165) is 31.4 Å². The number of allylic oxidation sites excluding steroid dienone is 1. The second-order valence-corrected chi connectivity index (χ2v) is 5.92. The standard InChI is InChI=1S/C18H24N2O6/c1-4-7-8-10-13(6-3)15-11-14(19(22)23)12-16(20(24)25)18(15)26-17(21)9-5-2/h5,9,11-13H,4,6-8,10H2,1-3H3/b9-5-. The maximum atomic E-state index is 11.9. The van der Waals surface area contributed by atoms with Gasteiger partial charge in [-0.2, -0.15) is 0 Å². The molecule has 0 saturated heterocycles. The summed E-state index contributed by atoms with van der Waals surface area (Å²) in [5.74, 6) is -1.13. The largest absolute Gasteiger partial charge is 0.416 e. The zero-order valence-electron chi connectivity index (χ0n) is 15.3. The summed E-state index contributed by atoms with van der Waals surface area (Å²) in [6.45, 7) is 5.58. The van der Waals surface area contributed by atoms with Crippen LogP contribution in [0.15, 0.2) is 24.3 Å². The Morgan fingerprint density at radius 2 is 1.88 bits per heavy atom. The number of hydrogen-bond donors (Lipinski definition) is 0. The molecule has 0 aliphatic rings. The number of non-ortho nitro benzene ring substituents is 1. The fourth-order valence-corrected chi connectivity index (χ4v) is 2.77. The van der Waals surface area contributed by atoms with Gasteiger partial charge in [-0.3, -0.25) is 20.2 Å². The highest BCUT2D eigenvalue weighted by Crippen LogP contribution is 2.42. The van der Waals surface area contributed by atoms with E-state index in [1.807, 2.05) is 6.92 Å². The first-order valence-electron chi connectivity index (χ1n) is 8.66. The highest BCUT2D eigenvalue weighted by molar-refractivity contribution is 5.85. The lowest BCUT2D eigenvalue weighted by Crippen LogP contribution is -2.11. The van der Waals surface area contributed by atoms with Crippen molar-refractivity contribution in [3.05, 3.63) is 50.1 Å². The van der Waals surface area contributed by atoms with Crippen LogP contribution >= 0.6 is 0 Å². The van der Waals surface area contributed by atoms with E-state index < -0.39 is 21.5 Å². The van der Waals surface area contributed by atoms with Gasteiger partial charge in [0.2, 0.25) is 5.75 Å². The zero-order chi connectivity index (χ0) is 19.7. The van der Waals surface area contributed by atoms with Gasteiger partial charge in [0.15, 0.2) is 0 Å². The average Bonchev–Trinajstić information content (AvgIpc) is 2.59. The van der Waals surface area contributed by atoms with Gasteiger partial charge in [0.1, 0.15) is 0 Å². The number of unbranched alkanes of at least 4 members (excludes halogenated alkanes) is 2. The molecule has 1 aromatic carbocycles. The fourth-order valence-electron chi connectivity index (χ4n) is 2.77. The third-order valence-electron chi connectivity index (χ3n) is 4.08. The molecule has 0 fully saturated rings. The molecule has 1 aromatic rings. The molecule has 0 heterocycles. The molecule has 8 nitrogen and oxygen atoms in total. The molecule has 0 saturated carbocycles. The number of nitrogens with zero attached hydrogens (tertiary/aromatic N) is 2. The Hall–Kier alpha value is -2.77. The van der Waals surface area contributed by atoms with Crippen molar-refractivity contribution in [1.82, 2.24) is 0 Å². The van der Waals surface area contributed by atoms with Crippen LogP contribution in [0.3, 0.4) is 0 Å². The number of nitro benzene ring substituents is 2. The molecule has 0 bridgehead atoms. The van der Waals surface area contributed by atoms with Gasteiger partial charge >= 0.3 is 11.7 Å². The van der Waals surface area contributed by atoms with Crippen molar-refractivity contribution in [1.29, 1.82) is 0 Å². The third-order valence-corrected chi connectivity index (χ3v) is 4.08. The van der Waals surface area contributed by atoms with Gasteiger partial charge in [0.25, 0.3) is 5.69 Å². The first-order chi connectivity index (χ1) is 12.3. The summed E-state index contributed by atoms with van der Waals surface area (Å²) < 4.78 is 5.21. The molecule has 0 amide bonds. The van der Waals surface area contributed by atoms with Gasteiger partial charge in [-0.15, -0.1) is 0 Å². The van der Waals surface area contributed by atoms with E-state index in [-0.39, 0.29) is 17.4 Å². The van der Waals surface area contributed by atoms with Crippen molar-refractivity contribution in [2.24, 2.45) is 0 Å². The summed E-state index contributed by atoms with van der Waals surface area (Å²) >= 11 is 0. The Bertz CT molecular complexity index is 699. The predicted octanol–water partition coefficient (Wildman–Crippen LogP) is 5.06. The minimum absolute atomic E-state index is 0.173. The van der Waals surface area contributed by atoms with Crippen molar-refractivity contribution >= 4 is 17.3 Å². The summed E-state index contributed by atoms with van der Waals surface area (Å²) in [7, 11) is 0. The van der Waals surface area contributed by atoms with Gasteiger partial charge < -0.3 is 4.74 Å². The summed E-state index contributed by atoms with van der Waals surface area (Å²) in [5.41, 5.74) is -0.616. The molecular formula is C18H24N2O6. The number of ether oxygens (including phenoxy) is 1. The smallest absolute Gasteiger partial charge is 0.336 e. The molecule has 1 rings (SSSR count). The van der Waals surface area contributed by atoms with Crippen LogP contribution in [0.4, 0.5) is 11.4 Å². The van der Waals surface area contributed by atoms with E-state index in [1.165, 1.54) is 12.1 Å². The molecular weight excluding hydrogens is 340 g/mol. The topological polar surface area (TPSA) is 113 Å². The van der Waals surface area contributed by atoms with Gasteiger partial charge in [-0.05, 0) is 25.7 Å². The Labute approximate surface area is 152 Å². The van der Waals surface area contributed by atoms with Crippen LogP contribution < -0.4 is 4.74 Å². The lowest BCUT2D eigenvalue weighted by atomic mass is 9.89. The number of hydrogen-bond acceptors (Lipinski definition) is 6. The SMILES string of the molecule is C/C=C\C(=O)Oc1c(C(CC)CCCCC)cc([N+](=O)[O-])cc1[N+](=O)[O-]. The first kappa shape index (κ1) is 21.3. The summed E-state index contributed by atoms with van der Waals surface area (Å²) in [6, 6.07) is 2.12. The minimum atomic E-state index is -0.756. The quantitative estimate of drug-likeness (QED) is 0.143. The number of esters is 1. The number of benzene rings is 1. The van der Waals surface area contributed by atoms with Crippen LogP contribution in [0.2, 0.25) is 0 Å². The lowest BCUT2D eigenvalue weighted by molar-refractivity contribution is -0.394. The Morgan fingerprint density at radius 1 is 1.19 bits per heavy atom. The fraction of sp³-hybridized carbons (Fsp3) is 0.500. The van der Waals surface area contributed by atoms with Crippen LogP contribution in [-0.4, -0.2) is 15.8 Å². The van der Waals surface area contributed by atoms with Gasteiger partial charge in [-0.25, -0.2) is 4.79 Å². The molecule has 0 spiro atoms. The van der Waals surface area contributed by atoms with Crippen molar-refractivity contribution in [3.63, 3.8) is 0 Å². The molecule has 0 aliphatic carbocycles. The predicted molar refractivity (Wildman–Crippen MR) is 97.4 cm³/mol. The van der Waals surface area contributed by atoms with E-state index in [4.69, 9.17) is 4.74 Å². The highest BCUT2D eigenvalue weighted by Gasteiger charge is 2.30. The summed E-state index contributed by atoms with van der Waals surface area (Å²) in [6.07, 6.45) is 6.81. The number of carbonyl (C=O) groups is 1. The van der Waals surface area contributed by atoms with E-state index in [9.17, 15) is 25.0 Å². The number of rotatable bonds is 10. The van der Waals surface area contributed by atoms with E-state index in [0.29, 0.717) is 18.4 Å². The molecule has 8 heteroatoms. The van der Waals surface area contributed by atoms with Crippen molar-refractivity contribution < 1.29 is 19.4 Å². The Morgan fingerprint density at radius 3 is 2.38 bits per heavy atom. The van der Waals surface area contributed by atoms with E-state index >= 15 is 0 Å². The zero-order valence-corrected chi connectivity index (χ0v) is 15.3. The minimum Gasteiger partial charge on any atom is -0.416 e. The molecule has 0 aromatic heterocycles. The van der Waals surface area contributed by atoms with E-state index in [2.05, 4.69) is 6.92 Å². The van der Waals surface area contributed by atoms with Crippen LogP contribution in [0.5, 0.6) is 5.75 Å². The van der Waals surface area contributed by atoms with Crippen LogP contribution in [0, 0.1) is 20.2 Å². The van der Waals surface area contributed by atoms with Crippen molar-refractivity contribution in [2.45, 2.75) is 58.8 Å². The molecule has 0 radical (unpaired) electrons. The molecule has 142 valence electrons. The van der Waals surface area contributed by atoms with Gasteiger partial charge in [0.05, 0.1) is 15.9 Å². The van der Waals surface area contributed by atoms with E-state index in [1.54, 1.807) is 6.92 Å². The maximum Gasteiger partial charge on any atom is 0.336 e. The third kappa shape index (κ3) is 5.65. The van der Waals surface area contributed by atoms with Crippen molar-refractivity contribution in [3.8, 4) is 5.75 Å². The van der Waals surface area contributed by atoms with Crippen LogP contribution in [0.1, 0.15) is 64.4 Å². The monoisotopic (exact) mass is 364 g/mol. The van der Waals surface area contributed by atoms with Crippen LogP contribution in [-0.2, 0) is 4.79 Å². The van der Waals surface area contributed by atoms with Crippen molar-refractivity contribution in [2.75, 3.05) is 0 Å². The summed E-state index contributed by atoms with van der Waals surface area (Å²) in [4.78, 5) is 33.1. The second kappa shape index (κ2) is 10.3. The normalized spacial score (nSPS) is 12.1. The molecule has 0 aliphatic heterocycles. The molecule has 1 atom stereocenters. The number of carbonyl (C=O) groups excluding carboxylic acids is 1. The Kier molecular flexibility index (Phi) is 8.41. The lowest BCUT2D eigenvalue weighted by Gasteiger charge is -2.18. The van der Waals surface area contributed by atoms with Gasteiger partial charge in [0, 0.05) is 17.7 Å². The highest BCUT2D eigenvalue weighted by atomic mass is 16.6. The number of nitro groups is 2.